The molecule has 0 aromatic heterocycles. The average Bonchev–Trinajstić information content (AvgIpc) is 2.60. The van der Waals surface area contributed by atoms with Crippen molar-refractivity contribution in [1.29, 1.82) is 0 Å². The highest BCUT2D eigenvalue weighted by Crippen LogP contribution is 2.24. The summed E-state index contributed by atoms with van der Waals surface area (Å²) in [6.45, 7) is 4.74. The molecule has 2 rings (SSSR count). The molecule has 11 heteroatoms. The fourth-order valence-electron chi connectivity index (χ4n) is 2.25. The van der Waals surface area contributed by atoms with Crippen LogP contribution in [0.4, 0.5) is 28.0 Å². The molecule has 0 saturated heterocycles. The number of anilines is 1. The molecule has 0 spiro atoms. The lowest BCUT2D eigenvalue weighted by atomic mass is 10.1. The fraction of sp³-hybridized carbons (Fsp3) is 0.222. The topological polar surface area (TPSA) is 61.4 Å². The molecule has 3 amide bonds. The Kier molecular flexibility index (Phi) is 6.64. The van der Waals surface area contributed by atoms with Gasteiger partial charge in [-0.3, -0.25) is 4.79 Å². The second kappa shape index (κ2) is 8.46. The van der Waals surface area contributed by atoms with Crippen LogP contribution in [0.1, 0.15) is 31.1 Å². The molecule has 0 atom stereocenters. The van der Waals surface area contributed by atoms with E-state index in [4.69, 9.17) is 23.2 Å². The van der Waals surface area contributed by atoms with E-state index in [9.17, 15) is 27.2 Å². The Balaban J connectivity index is 2.29. The highest BCUT2D eigenvalue weighted by Gasteiger charge is 2.30. The highest BCUT2D eigenvalue weighted by atomic mass is 35.5. The van der Waals surface area contributed by atoms with Gasteiger partial charge in [-0.2, -0.15) is 0 Å². The molecule has 5 nitrogen and oxygen atoms in total. The number of urea groups is 1. The van der Waals surface area contributed by atoms with Crippen molar-refractivity contribution in [3.8, 4) is 0 Å². The maximum Gasteiger partial charge on any atom is 0.338 e. The van der Waals surface area contributed by atoms with Crippen LogP contribution in [0, 0.1) is 23.3 Å². The van der Waals surface area contributed by atoms with E-state index in [2.05, 4.69) is 5.43 Å². The van der Waals surface area contributed by atoms with Gasteiger partial charge in [0.25, 0.3) is 5.91 Å². The molecule has 0 bridgehead atoms. The number of carbonyl (C=O) groups excluding carboxylic acids is 2. The summed E-state index contributed by atoms with van der Waals surface area (Å²) >= 11 is 11.8. The molecule has 29 heavy (non-hydrogen) atoms. The lowest BCUT2D eigenvalue weighted by Crippen LogP contribution is -2.56. The molecule has 2 aromatic carbocycles. The minimum absolute atomic E-state index is 0.0442. The van der Waals surface area contributed by atoms with E-state index in [-0.39, 0.29) is 21.7 Å². The molecular formula is C18H15Cl2F4N3O2. The molecular weight excluding hydrogens is 437 g/mol. The fourth-order valence-corrected chi connectivity index (χ4v) is 2.77. The van der Waals surface area contributed by atoms with Gasteiger partial charge in [0, 0.05) is 21.7 Å². The number of hydrazine groups is 1. The van der Waals surface area contributed by atoms with Crippen molar-refractivity contribution in [1.82, 2.24) is 10.4 Å². The summed E-state index contributed by atoms with van der Waals surface area (Å²) in [7, 11) is 0. The van der Waals surface area contributed by atoms with Crippen LogP contribution in [0.15, 0.2) is 24.3 Å². The third-order valence-corrected chi connectivity index (χ3v) is 3.98. The van der Waals surface area contributed by atoms with Crippen LogP contribution in [0.2, 0.25) is 10.0 Å². The van der Waals surface area contributed by atoms with Crippen molar-refractivity contribution in [2.45, 2.75) is 26.3 Å². The Morgan fingerprint density at radius 2 is 1.45 bits per heavy atom. The first-order valence-electron chi connectivity index (χ1n) is 8.02. The molecule has 0 unspecified atom stereocenters. The first-order chi connectivity index (χ1) is 13.3. The Morgan fingerprint density at radius 1 is 0.897 bits per heavy atom. The summed E-state index contributed by atoms with van der Waals surface area (Å²) in [4.78, 5) is 25.1. The molecule has 0 heterocycles. The van der Waals surface area contributed by atoms with Crippen molar-refractivity contribution < 1.29 is 27.2 Å². The van der Waals surface area contributed by atoms with E-state index < -0.39 is 46.4 Å². The molecule has 0 aliphatic heterocycles. The number of amides is 3. The number of hydrogen-bond acceptors (Lipinski definition) is 2. The summed E-state index contributed by atoms with van der Waals surface area (Å²) in [5.41, 5.74) is 0.272. The SMILES string of the molecule is CC(C)(C)N(NC(=O)Nc1cc(F)c(F)c(F)c1F)C(=O)c1cc(Cl)cc(Cl)c1. The predicted octanol–water partition coefficient (Wildman–Crippen LogP) is 5.53. The first kappa shape index (κ1) is 22.8. The monoisotopic (exact) mass is 451 g/mol. The van der Waals surface area contributed by atoms with Gasteiger partial charge in [0.15, 0.2) is 23.3 Å². The Labute approximate surface area is 173 Å². The summed E-state index contributed by atoms with van der Waals surface area (Å²) in [5.74, 6) is -8.31. The number of nitrogens with zero attached hydrogens (tertiary/aromatic N) is 1. The third kappa shape index (κ3) is 5.30. The van der Waals surface area contributed by atoms with Crippen LogP contribution in [0.5, 0.6) is 0 Å². The van der Waals surface area contributed by atoms with E-state index in [0.717, 1.165) is 5.01 Å². The standard InChI is InChI=1S/C18H15Cl2F4N3O2/c1-18(2,3)27(16(28)8-4-9(19)6-10(20)5-8)26-17(29)25-12-7-11(21)13(22)15(24)14(12)23/h4-7H,1-3H3,(H2,25,26,29). The van der Waals surface area contributed by atoms with Gasteiger partial charge >= 0.3 is 6.03 Å². The number of nitrogens with one attached hydrogen (secondary N) is 2. The average molecular weight is 452 g/mol. The third-order valence-electron chi connectivity index (χ3n) is 3.55. The normalized spacial score (nSPS) is 11.2. The molecule has 2 aromatic rings. The largest absolute Gasteiger partial charge is 0.338 e. The maximum atomic E-state index is 13.8. The van der Waals surface area contributed by atoms with E-state index in [0.29, 0.717) is 0 Å². The van der Waals surface area contributed by atoms with Gasteiger partial charge in [0.2, 0.25) is 0 Å². The molecule has 0 fully saturated rings. The van der Waals surface area contributed by atoms with Crippen molar-refractivity contribution in [3.63, 3.8) is 0 Å². The zero-order chi connectivity index (χ0) is 22.1. The molecule has 156 valence electrons. The van der Waals surface area contributed by atoms with Gasteiger partial charge in [0.05, 0.1) is 11.2 Å². The Bertz CT molecular complexity index is 960. The predicted molar refractivity (Wildman–Crippen MR) is 101 cm³/mol. The van der Waals surface area contributed by atoms with Crippen LogP contribution in [-0.2, 0) is 0 Å². The van der Waals surface area contributed by atoms with E-state index >= 15 is 0 Å². The van der Waals surface area contributed by atoms with E-state index in [1.165, 1.54) is 18.2 Å². The summed E-state index contributed by atoms with van der Waals surface area (Å²) in [6.07, 6.45) is 0. The molecule has 2 N–H and O–H groups in total. The van der Waals surface area contributed by atoms with Crippen LogP contribution >= 0.6 is 23.2 Å². The minimum atomic E-state index is -2.09. The second-order valence-corrected chi connectivity index (χ2v) is 7.76. The van der Waals surface area contributed by atoms with Gasteiger partial charge in [0.1, 0.15) is 0 Å². The van der Waals surface area contributed by atoms with Gasteiger partial charge in [-0.05, 0) is 39.0 Å². The number of rotatable bonds is 2. The Hall–Kier alpha value is -2.52. The lowest BCUT2D eigenvalue weighted by molar-refractivity contribution is 0.0460. The number of carbonyl (C=O) groups is 2. The molecule has 0 radical (unpaired) electrons. The smallest absolute Gasteiger partial charge is 0.304 e. The van der Waals surface area contributed by atoms with Gasteiger partial charge in [-0.15, -0.1) is 0 Å². The van der Waals surface area contributed by atoms with E-state index in [1.54, 1.807) is 20.8 Å². The van der Waals surface area contributed by atoms with Crippen molar-refractivity contribution in [3.05, 3.63) is 63.1 Å². The lowest BCUT2D eigenvalue weighted by Gasteiger charge is -2.35. The number of benzene rings is 2. The molecule has 0 saturated carbocycles. The highest BCUT2D eigenvalue weighted by molar-refractivity contribution is 6.35. The quantitative estimate of drug-likeness (QED) is 0.273. The maximum absolute atomic E-state index is 13.8. The first-order valence-corrected chi connectivity index (χ1v) is 8.78. The molecule has 0 aliphatic carbocycles. The van der Waals surface area contributed by atoms with Crippen molar-refractivity contribution in [2.24, 2.45) is 0 Å². The van der Waals surface area contributed by atoms with Gasteiger partial charge in [-0.1, -0.05) is 23.2 Å². The number of hydrogen-bond donors (Lipinski definition) is 2. The summed E-state index contributed by atoms with van der Waals surface area (Å²) in [5, 5.41) is 3.08. The van der Waals surface area contributed by atoms with Crippen LogP contribution in [0.3, 0.4) is 0 Å². The van der Waals surface area contributed by atoms with Crippen LogP contribution < -0.4 is 10.7 Å². The summed E-state index contributed by atoms with van der Waals surface area (Å²) < 4.78 is 53.4. The summed E-state index contributed by atoms with van der Waals surface area (Å²) in [6, 6.07) is 3.11. The second-order valence-electron chi connectivity index (χ2n) is 6.88. The zero-order valence-electron chi connectivity index (χ0n) is 15.3. The Morgan fingerprint density at radius 3 is 1.97 bits per heavy atom. The van der Waals surface area contributed by atoms with Crippen LogP contribution in [-0.4, -0.2) is 22.5 Å². The minimum Gasteiger partial charge on any atom is -0.304 e. The van der Waals surface area contributed by atoms with Gasteiger partial charge in [-0.25, -0.2) is 32.8 Å². The zero-order valence-corrected chi connectivity index (χ0v) is 16.9. The van der Waals surface area contributed by atoms with Gasteiger partial charge < -0.3 is 5.32 Å². The van der Waals surface area contributed by atoms with Crippen molar-refractivity contribution in [2.75, 3.05) is 5.32 Å². The van der Waals surface area contributed by atoms with E-state index in [1.807, 2.05) is 5.32 Å². The van der Waals surface area contributed by atoms with Crippen molar-refractivity contribution >= 4 is 40.8 Å². The van der Waals surface area contributed by atoms with Crippen LogP contribution in [0.25, 0.3) is 0 Å². The molecule has 0 aliphatic rings. The number of halogens is 6.